The summed E-state index contributed by atoms with van der Waals surface area (Å²) in [6.45, 7) is 2.35. The first-order chi connectivity index (χ1) is 13.6. The molecule has 0 aliphatic carbocycles. The second-order valence-corrected chi connectivity index (χ2v) is 8.41. The molecule has 3 heterocycles. The van der Waals surface area contributed by atoms with Crippen LogP contribution in [0.3, 0.4) is 0 Å². The second-order valence-electron chi connectivity index (χ2n) is 7.98. The zero-order valence-corrected chi connectivity index (χ0v) is 16.6. The van der Waals surface area contributed by atoms with Gasteiger partial charge in [0.05, 0.1) is 23.7 Å². The SMILES string of the molecule is CC1(C2CCN(C(=O)NCCC(F)(F)F)CC2)C(O)c2cc(Cl)cc3cnn1c23. The molecule has 2 aliphatic rings. The standard InChI is InChI=1S/C19H22ClF3N4O2/c1-18(16(28)14-9-13(20)8-11-10-25-27(18)15(11)14)12-2-6-26(7-3-12)17(29)24-5-4-19(21,22)23/h8-10,12,16,28H,2-7H2,1H3,(H,24,29). The summed E-state index contributed by atoms with van der Waals surface area (Å²) in [6, 6.07) is 3.10. The number of aliphatic hydroxyl groups excluding tert-OH is 1. The Balaban J connectivity index is 1.44. The van der Waals surface area contributed by atoms with Gasteiger partial charge in [0.15, 0.2) is 0 Å². The van der Waals surface area contributed by atoms with Crippen molar-refractivity contribution in [1.29, 1.82) is 0 Å². The molecule has 1 aromatic heterocycles. The van der Waals surface area contributed by atoms with E-state index < -0.39 is 36.8 Å². The fourth-order valence-electron chi connectivity index (χ4n) is 4.65. The van der Waals surface area contributed by atoms with E-state index >= 15 is 0 Å². The maximum Gasteiger partial charge on any atom is 0.390 e. The highest BCUT2D eigenvalue weighted by Gasteiger charge is 2.50. The third-order valence-corrected chi connectivity index (χ3v) is 6.47. The number of hydrogen-bond donors (Lipinski definition) is 2. The van der Waals surface area contributed by atoms with Gasteiger partial charge in [0.1, 0.15) is 6.10 Å². The maximum absolute atomic E-state index is 12.3. The Bertz CT molecular complexity index is 939. The van der Waals surface area contributed by atoms with E-state index in [1.54, 1.807) is 12.3 Å². The van der Waals surface area contributed by atoms with Crippen molar-refractivity contribution in [2.75, 3.05) is 19.6 Å². The Labute approximate surface area is 170 Å². The normalized spacial score (nSPS) is 25.0. The summed E-state index contributed by atoms with van der Waals surface area (Å²) >= 11 is 6.18. The first-order valence-electron chi connectivity index (χ1n) is 9.56. The molecule has 6 nitrogen and oxygen atoms in total. The summed E-state index contributed by atoms with van der Waals surface area (Å²) < 4.78 is 38.6. The molecule has 2 amide bonds. The molecule has 2 N–H and O–H groups in total. The van der Waals surface area contributed by atoms with Crippen molar-refractivity contribution in [1.82, 2.24) is 20.0 Å². The fourth-order valence-corrected chi connectivity index (χ4v) is 4.89. The van der Waals surface area contributed by atoms with E-state index in [9.17, 15) is 23.1 Å². The summed E-state index contributed by atoms with van der Waals surface area (Å²) in [4.78, 5) is 13.7. The molecule has 2 aliphatic heterocycles. The minimum atomic E-state index is -4.29. The molecule has 2 unspecified atom stereocenters. The number of urea groups is 1. The molecule has 29 heavy (non-hydrogen) atoms. The van der Waals surface area contributed by atoms with Crippen molar-refractivity contribution in [3.8, 4) is 0 Å². The van der Waals surface area contributed by atoms with Gasteiger partial charge in [0.2, 0.25) is 0 Å². The highest BCUT2D eigenvalue weighted by molar-refractivity contribution is 6.31. The van der Waals surface area contributed by atoms with Crippen LogP contribution in [0.5, 0.6) is 0 Å². The molecular weight excluding hydrogens is 409 g/mol. The van der Waals surface area contributed by atoms with Gasteiger partial charge in [0, 0.05) is 35.6 Å². The van der Waals surface area contributed by atoms with Crippen molar-refractivity contribution >= 4 is 28.5 Å². The molecule has 0 spiro atoms. The van der Waals surface area contributed by atoms with Crippen LogP contribution in [0.2, 0.25) is 5.02 Å². The number of nitrogens with one attached hydrogen (secondary N) is 1. The molecule has 0 bridgehead atoms. The molecule has 158 valence electrons. The minimum Gasteiger partial charge on any atom is -0.386 e. The highest BCUT2D eigenvalue weighted by Crippen LogP contribution is 2.51. The molecule has 2 atom stereocenters. The molecule has 2 aromatic rings. The average molecular weight is 431 g/mol. The van der Waals surface area contributed by atoms with Gasteiger partial charge in [0.25, 0.3) is 0 Å². The predicted octanol–water partition coefficient (Wildman–Crippen LogP) is 3.83. The first-order valence-corrected chi connectivity index (χ1v) is 9.94. The number of nitrogens with zero attached hydrogens (tertiary/aromatic N) is 3. The molecule has 1 aromatic carbocycles. The summed E-state index contributed by atoms with van der Waals surface area (Å²) in [6.07, 6.45) is -3.15. The Hall–Kier alpha value is -2.00. The predicted molar refractivity (Wildman–Crippen MR) is 102 cm³/mol. The zero-order chi connectivity index (χ0) is 21.0. The van der Waals surface area contributed by atoms with Gasteiger partial charge in [-0.25, -0.2) is 4.79 Å². The number of halogens is 4. The van der Waals surface area contributed by atoms with E-state index in [1.165, 1.54) is 4.90 Å². The molecule has 1 fully saturated rings. The number of piperidine rings is 1. The van der Waals surface area contributed by atoms with Crippen LogP contribution in [-0.4, -0.2) is 51.6 Å². The number of rotatable bonds is 3. The zero-order valence-electron chi connectivity index (χ0n) is 15.8. The third kappa shape index (κ3) is 3.44. The third-order valence-electron chi connectivity index (χ3n) is 6.26. The second kappa shape index (κ2) is 7.05. The number of aliphatic hydroxyl groups is 1. The summed E-state index contributed by atoms with van der Waals surface area (Å²) in [5.41, 5.74) is 0.949. The van der Waals surface area contributed by atoms with Crippen molar-refractivity contribution < 1.29 is 23.1 Å². The summed E-state index contributed by atoms with van der Waals surface area (Å²) in [5.74, 6) is 0.0472. The van der Waals surface area contributed by atoms with Crippen LogP contribution < -0.4 is 5.32 Å². The van der Waals surface area contributed by atoms with E-state index in [4.69, 9.17) is 11.6 Å². The fraction of sp³-hybridized carbons (Fsp3) is 0.579. The van der Waals surface area contributed by atoms with Crippen LogP contribution >= 0.6 is 11.6 Å². The number of hydrogen-bond acceptors (Lipinski definition) is 3. The number of alkyl halides is 3. The maximum atomic E-state index is 12.3. The lowest BCUT2D eigenvalue weighted by molar-refractivity contribution is -0.133. The van der Waals surface area contributed by atoms with Crippen LogP contribution in [0.4, 0.5) is 18.0 Å². The van der Waals surface area contributed by atoms with Crippen molar-refractivity contribution in [3.63, 3.8) is 0 Å². The number of amides is 2. The summed E-state index contributed by atoms with van der Waals surface area (Å²) in [5, 5.41) is 19.3. The van der Waals surface area contributed by atoms with E-state index in [1.807, 2.05) is 17.7 Å². The molecule has 4 rings (SSSR count). The molecule has 10 heteroatoms. The lowest BCUT2D eigenvalue weighted by Gasteiger charge is -2.42. The molecule has 0 radical (unpaired) electrons. The number of carbonyl (C=O) groups excluding carboxylic acids is 1. The Morgan fingerprint density at radius 2 is 2.07 bits per heavy atom. The quantitative estimate of drug-likeness (QED) is 0.777. The first kappa shape index (κ1) is 20.3. The van der Waals surface area contributed by atoms with Crippen molar-refractivity contribution in [2.24, 2.45) is 5.92 Å². The lowest BCUT2D eigenvalue weighted by atomic mass is 9.75. The minimum absolute atomic E-state index is 0.0472. The Morgan fingerprint density at radius 3 is 2.72 bits per heavy atom. The van der Waals surface area contributed by atoms with Crippen LogP contribution in [0, 0.1) is 5.92 Å². The van der Waals surface area contributed by atoms with E-state index in [0.29, 0.717) is 31.0 Å². The van der Waals surface area contributed by atoms with Gasteiger partial charge >= 0.3 is 12.2 Å². The van der Waals surface area contributed by atoms with Crippen molar-refractivity contribution in [3.05, 3.63) is 28.9 Å². The van der Waals surface area contributed by atoms with Gasteiger partial charge in [-0.15, -0.1) is 0 Å². The largest absolute Gasteiger partial charge is 0.390 e. The van der Waals surface area contributed by atoms with Gasteiger partial charge in [-0.05, 0) is 37.8 Å². The average Bonchev–Trinajstić information content (AvgIpc) is 3.17. The number of benzene rings is 1. The monoisotopic (exact) mass is 430 g/mol. The Morgan fingerprint density at radius 1 is 1.38 bits per heavy atom. The van der Waals surface area contributed by atoms with Gasteiger partial charge in [-0.3, -0.25) is 4.68 Å². The highest BCUT2D eigenvalue weighted by atomic mass is 35.5. The van der Waals surface area contributed by atoms with E-state index in [-0.39, 0.29) is 5.92 Å². The van der Waals surface area contributed by atoms with E-state index in [2.05, 4.69) is 10.4 Å². The molecule has 0 saturated carbocycles. The van der Waals surface area contributed by atoms with E-state index in [0.717, 1.165) is 16.5 Å². The van der Waals surface area contributed by atoms with Gasteiger partial charge in [-0.2, -0.15) is 18.3 Å². The summed E-state index contributed by atoms with van der Waals surface area (Å²) in [7, 11) is 0. The number of carbonyl (C=O) groups is 1. The number of likely N-dealkylation sites (tertiary alicyclic amines) is 1. The van der Waals surface area contributed by atoms with Crippen LogP contribution in [-0.2, 0) is 5.54 Å². The van der Waals surface area contributed by atoms with Gasteiger partial charge < -0.3 is 15.3 Å². The smallest absolute Gasteiger partial charge is 0.386 e. The van der Waals surface area contributed by atoms with Gasteiger partial charge in [-0.1, -0.05) is 11.6 Å². The number of aromatic nitrogens is 2. The van der Waals surface area contributed by atoms with Crippen molar-refractivity contribution in [2.45, 2.75) is 44.0 Å². The Kier molecular flexibility index (Phi) is 4.93. The van der Waals surface area contributed by atoms with Crippen LogP contribution in [0.15, 0.2) is 18.3 Å². The molecular formula is C19H22ClF3N4O2. The topological polar surface area (TPSA) is 70.4 Å². The van der Waals surface area contributed by atoms with Crippen LogP contribution in [0.1, 0.15) is 37.9 Å². The van der Waals surface area contributed by atoms with Crippen LogP contribution in [0.25, 0.3) is 10.9 Å². The molecule has 1 saturated heterocycles. The lowest BCUT2D eigenvalue weighted by Crippen LogP contribution is -2.50.